The third-order valence-corrected chi connectivity index (χ3v) is 4.78. The van der Waals surface area contributed by atoms with Crippen LogP contribution < -0.4 is 15.8 Å². The Kier molecular flexibility index (Phi) is 7.66. The van der Waals surface area contributed by atoms with E-state index in [1.54, 1.807) is 6.92 Å². The molecule has 1 fully saturated rings. The topological polar surface area (TPSA) is 73.6 Å². The Bertz CT molecular complexity index is 714. The van der Waals surface area contributed by atoms with Crippen molar-refractivity contribution in [2.45, 2.75) is 25.3 Å². The van der Waals surface area contributed by atoms with Gasteiger partial charge in [-0.25, -0.2) is 0 Å². The van der Waals surface area contributed by atoms with E-state index in [4.69, 9.17) is 15.2 Å². The molecule has 0 aromatic heterocycles. The summed E-state index contributed by atoms with van der Waals surface area (Å²) in [6, 6.07) is 16.7. The van der Waals surface area contributed by atoms with Crippen LogP contribution in [0.3, 0.4) is 0 Å². The summed E-state index contributed by atoms with van der Waals surface area (Å²) in [7, 11) is 0. The fourth-order valence-corrected chi connectivity index (χ4v) is 2.94. The average molecular weight is 391 g/mol. The highest BCUT2D eigenvalue weighted by atomic mass is 35.5. The second-order valence-electron chi connectivity index (χ2n) is 6.91. The third kappa shape index (κ3) is 5.70. The first kappa shape index (κ1) is 21.2. The van der Waals surface area contributed by atoms with Gasteiger partial charge in [-0.1, -0.05) is 30.3 Å². The zero-order valence-corrected chi connectivity index (χ0v) is 16.3. The normalized spacial score (nSPS) is 16.7. The third-order valence-electron chi connectivity index (χ3n) is 4.78. The van der Waals surface area contributed by atoms with Crippen LogP contribution in [0.25, 0.3) is 0 Å². The van der Waals surface area contributed by atoms with Gasteiger partial charge in [-0.3, -0.25) is 4.79 Å². The number of nitrogens with one attached hydrogen (secondary N) is 1. The van der Waals surface area contributed by atoms with Crippen molar-refractivity contribution >= 4 is 24.0 Å². The van der Waals surface area contributed by atoms with Crippen molar-refractivity contribution < 1.29 is 14.3 Å². The molecule has 0 saturated carbocycles. The summed E-state index contributed by atoms with van der Waals surface area (Å²) >= 11 is 0. The molecule has 0 radical (unpaired) electrons. The van der Waals surface area contributed by atoms with Crippen LogP contribution in [0.4, 0.5) is 5.69 Å². The van der Waals surface area contributed by atoms with E-state index < -0.39 is 5.54 Å². The van der Waals surface area contributed by atoms with Gasteiger partial charge in [0.05, 0.1) is 6.61 Å². The monoisotopic (exact) mass is 390 g/mol. The average Bonchev–Trinajstić information content (AvgIpc) is 2.69. The molecular weight excluding hydrogens is 364 g/mol. The second-order valence-corrected chi connectivity index (χ2v) is 6.91. The quantitative estimate of drug-likeness (QED) is 0.788. The zero-order chi connectivity index (χ0) is 18.4. The van der Waals surface area contributed by atoms with Gasteiger partial charge in [-0.15, -0.1) is 12.4 Å². The minimum absolute atomic E-state index is 0. The number of hydrogen-bond donors (Lipinski definition) is 2. The van der Waals surface area contributed by atoms with Crippen LogP contribution in [-0.2, 0) is 15.1 Å². The lowest BCUT2D eigenvalue weighted by molar-refractivity contribution is -0.120. The molecule has 0 spiro atoms. The van der Waals surface area contributed by atoms with Crippen molar-refractivity contribution in [1.29, 1.82) is 0 Å². The van der Waals surface area contributed by atoms with E-state index in [1.807, 2.05) is 54.6 Å². The molecule has 2 aromatic carbocycles. The lowest BCUT2D eigenvalue weighted by Gasteiger charge is -2.24. The first-order chi connectivity index (χ1) is 12.6. The predicted octanol–water partition coefficient (Wildman–Crippen LogP) is 3.73. The molecule has 1 unspecified atom stereocenters. The number of benzene rings is 2. The van der Waals surface area contributed by atoms with Crippen LogP contribution in [0.5, 0.6) is 5.75 Å². The molecule has 146 valence electrons. The van der Waals surface area contributed by atoms with Crippen molar-refractivity contribution in [3.8, 4) is 5.75 Å². The molecule has 0 bridgehead atoms. The summed E-state index contributed by atoms with van der Waals surface area (Å²) in [6.45, 7) is 4.05. The summed E-state index contributed by atoms with van der Waals surface area (Å²) in [5.74, 6) is 1.10. The van der Waals surface area contributed by atoms with Crippen LogP contribution in [0.15, 0.2) is 54.6 Å². The van der Waals surface area contributed by atoms with Crippen molar-refractivity contribution in [2.75, 3.05) is 25.1 Å². The van der Waals surface area contributed by atoms with E-state index >= 15 is 0 Å². The van der Waals surface area contributed by atoms with E-state index in [2.05, 4.69) is 5.32 Å². The number of nitrogens with two attached hydrogens (primary N) is 1. The molecule has 1 heterocycles. The predicted molar refractivity (Wildman–Crippen MR) is 109 cm³/mol. The molecule has 1 amide bonds. The van der Waals surface area contributed by atoms with E-state index in [1.165, 1.54) is 0 Å². The number of hydrogen-bond acceptors (Lipinski definition) is 4. The zero-order valence-electron chi connectivity index (χ0n) is 15.5. The molecule has 1 aliphatic heterocycles. The summed E-state index contributed by atoms with van der Waals surface area (Å²) < 4.78 is 11.2. The maximum Gasteiger partial charge on any atom is 0.248 e. The van der Waals surface area contributed by atoms with Crippen LogP contribution in [0, 0.1) is 5.92 Å². The second kappa shape index (κ2) is 9.74. The van der Waals surface area contributed by atoms with Gasteiger partial charge < -0.3 is 20.5 Å². The molecule has 3 N–H and O–H groups in total. The Labute approximate surface area is 166 Å². The molecular formula is C21H27ClN2O3. The van der Waals surface area contributed by atoms with E-state index in [-0.39, 0.29) is 18.3 Å². The Hall–Kier alpha value is -2.08. The molecule has 1 saturated heterocycles. The first-order valence-corrected chi connectivity index (χ1v) is 9.02. The summed E-state index contributed by atoms with van der Waals surface area (Å²) in [6.07, 6.45) is 2.09. The highest BCUT2D eigenvalue weighted by molar-refractivity contribution is 5.98. The number of ether oxygens (including phenoxy) is 2. The van der Waals surface area contributed by atoms with Gasteiger partial charge in [-0.05, 0) is 55.5 Å². The SMILES string of the molecule is CC(N)(C(=O)Nc1ccc(OCC2CCOCC2)cc1)c1ccccc1.Cl. The number of amides is 1. The molecule has 0 aliphatic carbocycles. The summed E-state index contributed by atoms with van der Waals surface area (Å²) in [5, 5.41) is 2.88. The molecule has 2 aromatic rings. The smallest absolute Gasteiger partial charge is 0.248 e. The van der Waals surface area contributed by atoms with Crippen molar-refractivity contribution in [3.05, 3.63) is 60.2 Å². The fraction of sp³-hybridized carbons (Fsp3) is 0.381. The molecule has 1 atom stereocenters. The number of halogens is 1. The molecule has 6 heteroatoms. The maximum atomic E-state index is 12.6. The summed E-state index contributed by atoms with van der Waals surface area (Å²) in [4.78, 5) is 12.6. The highest BCUT2D eigenvalue weighted by Crippen LogP contribution is 2.22. The van der Waals surface area contributed by atoms with Gasteiger partial charge in [0.25, 0.3) is 0 Å². The van der Waals surface area contributed by atoms with Gasteiger partial charge in [-0.2, -0.15) is 0 Å². The van der Waals surface area contributed by atoms with Gasteiger partial charge in [0.15, 0.2) is 0 Å². The van der Waals surface area contributed by atoms with Gasteiger partial charge in [0.2, 0.25) is 5.91 Å². The molecule has 27 heavy (non-hydrogen) atoms. The fourth-order valence-electron chi connectivity index (χ4n) is 2.94. The Morgan fingerprint density at radius 1 is 1.15 bits per heavy atom. The molecule has 5 nitrogen and oxygen atoms in total. The van der Waals surface area contributed by atoms with Crippen LogP contribution >= 0.6 is 12.4 Å². The lowest BCUT2D eigenvalue weighted by Crippen LogP contribution is -2.45. The minimum atomic E-state index is -1.10. The van der Waals surface area contributed by atoms with E-state index in [9.17, 15) is 4.79 Å². The van der Waals surface area contributed by atoms with E-state index in [0.29, 0.717) is 18.2 Å². The maximum absolute atomic E-state index is 12.6. The van der Waals surface area contributed by atoms with Crippen LogP contribution in [0.2, 0.25) is 0 Å². The number of anilines is 1. The van der Waals surface area contributed by atoms with Crippen molar-refractivity contribution in [1.82, 2.24) is 0 Å². The molecule has 3 rings (SSSR count). The summed E-state index contributed by atoms with van der Waals surface area (Å²) in [5.41, 5.74) is 6.61. The Balaban J connectivity index is 0.00000261. The minimum Gasteiger partial charge on any atom is -0.493 e. The lowest BCUT2D eigenvalue weighted by atomic mass is 9.92. The number of carbonyl (C=O) groups excluding carboxylic acids is 1. The van der Waals surface area contributed by atoms with Crippen molar-refractivity contribution in [3.63, 3.8) is 0 Å². The van der Waals surface area contributed by atoms with Gasteiger partial charge >= 0.3 is 0 Å². The highest BCUT2D eigenvalue weighted by Gasteiger charge is 2.30. The van der Waals surface area contributed by atoms with Gasteiger partial charge in [0.1, 0.15) is 11.3 Å². The first-order valence-electron chi connectivity index (χ1n) is 9.02. The largest absolute Gasteiger partial charge is 0.493 e. The van der Waals surface area contributed by atoms with Crippen LogP contribution in [-0.4, -0.2) is 25.7 Å². The number of carbonyl (C=O) groups is 1. The molecule has 1 aliphatic rings. The number of rotatable bonds is 6. The standard InChI is InChI=1S/C21H26N2O3.ClH/c1-21(22,17-5-3-2-4-6-17)20(24)23-18-7-9-19(10-8-18)26-15-16-11-13-25-14-12-16;/h2-10,16H,11-15,22H2,1H3,(H,23,24);1H. The Morgan fingerprint density at radius 2 is 1.78 bits per heavy atom. The Morgan fingerprint density at radius 3 is 2.41 bits per heavy atom. The van der Waals surface area contributed by atoms with Crippen LogP contribution in [0.1, 0.15) is 25.3 Å². The van der Waals surface area contributed by atoms with Crippen molar-refractivity contribution in [2.24, 2.45) is 11.7 Å². The van der Waals surface area contributed by atoms with E-state index in [0.717, 1.165) is 37.4 Å². The van der Waals surface area contributed by atoms with Gasteiger partial charge in [0, 0.05) is 18.9 Å².